The van der Waals surface area contributed by atoms with E-state index in [2.05, 4.69) is 5.32 Å². The number of hydrogen-bond donors (Lipinski definition) is 2. The highest BCUT2D eigenvalue weighted by Gasteiger charge is 2.05. The van der Waals surface area contributed by atoms with Crippen LogP contribution in [0, 0.1) is 0 Å². The minimum Gasteiger partial charge on any atom is -0.492 e. The van der Waals surface area contributed by atoms with E-state index in [0.29, 0.717) is 18.0 Å². The summed E-state index contributed by atoms with van der Waals surface area (Å²) < 4.78 is 5.65. The molecular formula is C16H18N2O2S. The van der Waals surface area contributed by atoms with Crippen LogP contribution in [0.4, 0.5) is 11.4 Å². The average molecular weight is 302 g/mol. The molecule has 0 aliphatic heterocycles. The van der Waals surface area contributed by atoms with Crippen molar-refractivity contribution in [2.75, 3.05) is 23.9 Å². The third kappa shape index (κ3) is 4.72. The van der Waals surface area contributed by atoms with Gasteiger partial charge in [-0.3, -0.25) is 4.79 Å². The van der Waals surface area contributed by atoms with Crippen molar-refractivity contribution >= 4 is 29.0 Å². The van der Waals surface area contributed by atoms with Gasteiger partial charge in [-0.2, -0.15) is 0 Å². The highest BCUT2D eigenvalue weighted by molar-refractivity contribution is 7.98. The lowest BCUT2D eigenvalue weighted by Crippen LogP contribution is -2.15. The van der Waals surface area contributed by atoms with Crippen LogP contribution in [0.1, 0.15) is 6.42 Å². The minimum absolute atomic E-state index is 0.0952. The number of anilines is 2. The van der Waals surface area contributed by atoms with E-state index in [4.69, 9.17) is 10.5 Å². The van der Waals surface area contributed by atoms with Crippen LogP contribution in [0.2, 0.25) is 0 Å². The molecule has 110 valence electrons. The van der Waals surface area contributed by atoms with E-state index in [1.54, 1.807) is 36.0 Å². The van der Waals surface area contributed by atoms with Crippen molar-refractivity contribution in [3.05, 3.63) is 48.5 Å². The Balaban J connectivity index is 1.82. The molecular weight excluding hydrogens is 284 g/mol. The van der Waals surface area contributed by atoms with Gasteiger partial charge in [-0.1, -0.05) is 18.2 Å². The maximum atomic E-state index is 11.8. The Hall–Kier alpha value is -2.14. The SMILES string of the molecule is CSc1ccccc1OCCC(=O)Nc1cccc(N)c1. The van der Waals surface area contributed by atoms with E-state index in [1.165, 1.54) is 0 Å². The molecule has 3 N–H and O–H groups in total. The summed E-state index contributed by atoms with van der Waals surface area (Å²) in [5.41, 5.74) is 6.99. The highest BCUT2D eigenvalue weighted by Crippen LogP contribution is 2.26. The van der Waals surface area contributed by atoms with Gasteiger partial charge >= 0.3 is 0 Å². The summed E-state index contributed by atoms with van der Waals surface area (Å²) in [4.78, 5) is 12.9. The lowest BCUT2D eigenvalue weighted by molar-refractivity contribution is -0.116. The number of rotatable bonds is 6. The lowest BCUT2D eigenvalue weighted by Gasteiger charge is -2.10. The molecule has 0 bridgehead atoms. The van der Waals surface area contributed by atoms with Crippen molar-refractivity contribution in [2.24, 2.45) is 0 Å². The molecule has 0 aromatic heterocycles. The molecule has 0 saturated carbocycles. The quantitative estimate of drug-likeness (QED) is 0.634. The third-order valence-electron chi connectivity index (χ3n) is 2.83. The van der Waals surface area contributed by atoms with Gasteiger partial charge in [0.05, 0.1) is 13.0 Å². The summed E-state index contributed by atoms with van der Waals surface area (Å²) in [6, 6.07) is 14.9. The summed E-state index contributed by atoms with van der Waals surface area (Å²) in [7, 11) is 0. The first-order chi connectivity index (χ1) is 10.2. The average Bonchev–Trinajstić information content (AvgIpc) is 2.47. The maximum Gasteiger partial charge on any atom is 0.227 e. The molecule has 21 heavy (non-hydrogen) atoms. The molecule has 0 spiro atoms. The fourth-order valence-electron chi connectivity index (χ4n) is 1.83. The summed E-state index contributed by atoms with van der Waals surface area (Å²) in [5.74, 6) is 0.712. The molecule has 0 heterocycles. The third-order valence-corrected chi connectivity index (χ3v) is 3.60. The van der Waals surface area contributed by atoms with Crippen molar-refractivity contribution in [1.82, 2.24) is 0 Å². The molecule has 0 aliphatic carbocycles. The zero-order valence-electron chi connectivity index (χ0n) is 11.8. The molecule has 0 fully saturated rings. The normalized spacial score (nSPS) is 10.1. The Morgan fingerprint density at radius 2 is 2.05 bits per heavy atom. The summed E-state index contributed by atoms with van der Waals surface area (Å²) >= 11 is 1.62. The number of para-hydroxylation sites is 1. The zero-order valence-corrected chi connectivity index (χ0v) is 12.7. The number of nitrogens with two attached hydrogens (primary N) is 1. The fraction of sp³-hybridized carbons (Fsp3) is 0.188. The van der Waals surface area contributed by atoms with Crippen LogP contribution in [0.5, 0.6) is 5.75 Å². The second-order valence-electron chi connectivity index (χ2n) is 4.42. The molecule has 2 aromatic rings. The van der Waals surface area contributed by atoms with Crippen LogP contribution in [-0.2, 0) is 4.79 Å². The van der Waals surface area contributed by atoms with Crippen molar-refractivity contribution in [3.8, 4) is 5.75 Å². The molecule has 0 unspecified atom stereocenters. The molecule has 0 radical (unpaired) electrons. The number of hydrogen-bond acceptors (Lipinski definition) is 4. The standard InChI is InChI=1S/C16H18N2O2S/c1-21-15-8-3-2-7-14(15)20-10-9-16(19)18-13-6-4-5-12(17)11-13/h2-8,11H,9-10,17H2,1H3,(H,18,19). The molecule has 0 atom stereocenters. The van der Waals surface area contributed by atoms with E-state index in [9.17, 15) is 4.79 Å². The van der Waals surface area contributed by atoms with Gasteiger partial charge in [0.1, 0.15) is 5.75 Å². The van der Waals surface area contributed by atoms with Crippen LogP contribution in [0.3, 0.4) is 0 Å². The molecule has 1 amide bonds. The van der Waals surface area contributed by atoms with Gasteiger partial charge in [-0.15, -0.1) is 11.8 Å². The van der Waals surface area contributed by atoms with Gasteiger partial charge in [0, 0.05) is 16.3 Å². The van der Waals surface area contributed by atoms with Crippen molar-refractivity contribution in [2.45, 2.75) is 11.3 Å². The Bertz CT molecular complexity index is 617. The minimum atomic E-state index is -0.0952. The van der Waals surface area contributed by atoms with E-state index in [1.807, 2.05) is 30.5 Å². The predicted molar refractivity (Wildman–Crippen MR) is 87.8 cm³/mol. The van der Waals surface area contributed by atoms with Gasteiger partial charge in [0.25, 0.3) is 0 Å². The van der Waals surface area contributed by atoms with E-state index in [0.717, 1.165) is 10.6 Å². The monoisotopic (exact) mass is 302 g/mol. The number of carbonyl (C=O) groups excluding carboxylic acids is 1. The second-order valence-corrected chi connectivity index (χ2v) is 5.27. The van der Waals surface area contributed by atoms with E-state index in [-0.39, 0.29) is 12.3 Å². The molecule has 5 heteroatoms. The molecule has 2 rings (SSSR count). The van der Waals surface area contributed by atoms with Crippen LogP contribution in [0.25, 0.3) is 0 Å². The van der Waals surface area contributed by atoms with Crippen molar-refractivity contribution in [3.63, 3.8) is 0 Å². The Morgan fingerprint density at radius 3 is 2.81 bits per heavy atom. The number of nitrogen functional groups attached to an aromatic ring is 1. The largest absolute Gasteiger partial charge is 0.492 e. The van der Waals surface area contributed by atoms with Crippen LogP contribution < -0.4 is 15.8 Å². The lowest BCUT2D eigenvalue weighted by atomic mass is 10.3. The van der Waals surface area contributed by atoms with Gasteiger partial charge in [0.15, 0.2) is 0 Å². The molecule has 0 saturated heterocycles. The number of nitrogens with one attached hydrogen (secondary N) is 1. The first-order valence-corrected chi connectivity index (χ1v) is 7.82. The molecule has 4 nitrogen and oxygen atoms in total. The summed E-state index contributed by atoms with van der Waals surface area (Å²) in [6.07, 6.45) is 2.28. The van der Waals surface area contributed by atoms with E-state index < -0.39 is 0 Å². The summed E-state index contributed by atoms with van der Waals surface area (Å²) in [6.45, 7) is 0.339. The molecule has 0 aliphatic rings. The Morgan fingerprint density at radius 1 is 1.24 bits per heavy atom. The van der Waals surface area contributed by atoms with Gasteiger partial charge < -0.3 is 15.8 Å². The van der Waals surface area contributed by atoms with Crippen molar-refractivity contribution in [1.29, 1.82) is 0 Å². The van der Waals surface area contributed by atoms with Gasteiger partial charge in [0.2, 0.25) is 5.91 Å². The number of thioether (sulfide) groups is 1. The number of benzene rings is 2. The first-order valence-electron chi connectivity index (χ1n) is 6.60. The second kappa shape index (κ2) is 7.59. The highest BCUT2D eigenvalue weighted by atomic mass is 32.2. The number of ether oxygens (including phenoxy) is 1. The van der Waals surface area contributed by atoms with Crippen LogP contribution in [0.15, 0.2) is 53.4 Å². The topological polar surface area (TPSA) is 64.3 Å². The molecule has 2 aromatic carbocycles. The van der Waals surface area contributed by atoms with Gasteiger partial charge in [-0.05, 0) is 36.6 Å². The number of carbonyl (C=O) groups is 1. The van der Waals surface area contributed by atoms with E-state index >= 15 is 0 Å². The maximum absolute atomic E-state index is 11.8. The van der Waals surface area contributed by atoms with Gasteiger partial charge in [-0.25, -0.2) is 0 Å². The smallest absolute Gasteiger partial charge is 0.227 e. The zero-order chi connectivity index (χ0) is 15.1. The van der Waals surface area contributed by atoms with Crippen LogP contribution >= 0.6 is 11.8 Å². The summed E-state index contributed by atoms with van der Waals surface area (Å²) in [5, 5.41) is 2.79. The first kappa shape index (κ1) is 15.3. The van der Waals surface area contributed by atoms with Crippen molar-refractivity contribution < 1.29 is 9.53 Å². The fourth-order valence-corrected chi connectivity index (χ4v) is 2.37. The predicted octanol–water partition coefficient (Wildman–Crippen LogP) is 3.40. The Labute approximate surface area is 128 Å². The van der Waals surface area contributed by atoms with Crippen LogP contribution in [-0.4, -0.2) is 18.8 Å². The Kier molecular flexibility index (Phi) is 5.51. The number of amides is 1.